The van der Waals surface area contributed by atoms with Crippen molar-refractivity contribution in [2.24, 2.45) is 17.6 Å². The molecule has 18 heavy (non-hydrogen) atoms. The topological polar surface area (TPSA) is 46.2 Å². The van der Waals surface area contributed by atoms with E-state index in [1.807, 2.05) is 12.1 Å². The zero-order valence-corrected chi connectivity index (χ0v) is 12.4. The van der Waals surface area contributed by atoms with Gasteiger partial charge in [0, 0.05) is 16.9 Å². The summed E-state index contributed by atoms with van der Waals surface area (Å²) in [6, 6.07) is 8.14. The molecule has 0 saturated heterocycles. The van der Waals surface area contributed by atoms with Crippen LogP contribution in [0.3, 0.4) is 0 Å². The summed E-state index contributed by atoms with van der Waals surface area (Å²) in [4.78, 5) is 0. The zero-order valence-electron chi connectivity index (χ0n) is 10.8. The second-order valence-electron chi connectivity index (χ2n) is 5.46. The minimum Gasteiger partial charge on any atom is -0.392 e. The highest BCUT2D eigenvalue weighted by molar-refractivity contribution is 9.10. The van der Waals surface area contributed by atoms with E-state index in [1.165, 1.54) is 12.8 Å². The quantitative estimate of drug-likeness (QED) is 0.896. The largest absolute Gasteiger partial charge is 0.392 e. The summed E-state index contributed by atoms with van der Waals surface area (Å²) in [5.74, 6) is 1.06. The summed E-state index contributed by atoms with van der Waals surface area (Å²) in [6.45, 7) is 2.75. The highest BCUT2D eigenvalue weighted by Crippen LogP contribution is 2.38. The normalized spacial score (nSPS) is 27.1. The van der Waals surface area contributed by atoms with Gasteiger partial charge in [-0.25, -0.2) is 0 Å². The van der Waals surface area contributed by atoms with Crippen molar-refractivity contribution in [2.75, 3.05) is 6.54 Å². The van der Waals surface area contributed by atoms with E-state index in [0.29, 0.717) is 18.4 Å². The number of halogens is 1. The summed E-state index contributed by atoms with van der Waals surface area (Å²) in [5, 5.41) is 10.6. The van der Waals surface area contributed by atoms with Gasteiger partial charge in [0.2, 0.25) is 0 Å². The van der Waals surface area contributed by atoms with Crippen molar-refractivity contribution in [1.29, 1.82) is 0 Å². The average molecular weight is 312 g/mol. The first-order valence-electron chi connectivity index (χ1n) is 6.77. The van der Waals surface area contributed by atoms with Gasteiger partial charge in [-0.2, -0.15) is 0 Å². The minimum atomic E-state index is -0.318. The fourth-order valence-electron chi connectivity index (χ4n) is 3.19. The molecule has 0 heterocycles. The third-order valence-corrected chi connectivity index (χ3v) is 4.80. The first-order chi connectivity index (χ1) is 8.63. The standard InChI is InChI=1S/C15H22BrNO/c1-10-4-2-7-13(10)15(18)14(9-17)11-5-3-6-12(16)8-11/h3,5-6,8,10,13-15,18H,2,4,7,9,17H2,1H3. The Labute approximate surface area is 118 Å². The van der Waals surface area contributed by atoms with Crippen LogP contribution in [0, 0.1) is 11.8 Å². The fraction of sp³-hybridized carbons (Fsp3) is 0.600. The molecule has 1 aromatic rings. The molecule has 1 aliphatic carbocycles. The summed E-state index contributed by atoms with van der Waals surface area (Å²) < 4.78 is 1.05. The number of aliphatic hydroxyl groups is 1. The molecule has 3 heteroatoms. The zero-order chi connectivity index (χ0) is 13.1. The van der Waals surface area contributed by atoms with Gasteiger partial charge in [-0.1, -0.05) is 47.8 Å². The van der Waals surface area contributed by atoms with Crippen LogP contribution < -0.4 is 5.73 Å². The molecular weight excluding hydrogens is 290 g/mol. The Hall–Kier alpha value is -0.380. The predicted octanol–water partition coefficient (Wildman–Crippen LogP) is 3.29. The summed E-state index contributed by atoms with van der Waals surface area (Å²) >= 11 is 3.48. The molecule has 1 aromatic carbocycles. The summed E-state index contributed by atoms with van der Waals surface area (Å²) in [7, 11) is 0. The van der Waals surface area contributed by atoms with Crippen LogP contribution in [0.25, 0.3) is 0 Å². The van der Waals surface area contributed by atoms with Crippen molar-refractivity contribution >= 4 is 15.9 Å². The predicted molar refractivity (Wildman–Crippen MR) is 78.4 cm³/mol. The highest BCUT2D eigenvalue weighted by atomic mass is 79.9. The van der Waals surface area contributed by atoms with E-state index in [1.54, 1.807) is 0 Å². The molecule has 0 spiro atoms. The molecule has 2 rings (SSSR count). The molecule has 1 fully saturated rings. The molecule has 4 unspecified atom stereocenters. The van der Waals surface area contributed by atoms with Crippen LogP contribution in [0.2, 0.25) is 0 Å². The van der Waals surface area contributed by atoms with E-state index < -0.39 is 0 Å². The molecule has 0 aromatic heterocycles. The lowest BCUT2D eigenvalue weighted by Crippen LogP contribution is -2.33. The maximum atomic E-state index is 10.6. The molecule has 1 aliphatic rings. The highest BCUT2D eigenvalue weighted by Gasteiger charge is 2.34. The molecule has 3 N–H and O–H groups in total. The number of nitrogens with two attached hydrogens (primary N) is 1. The number of aliphatic hydroxyl groups excluding tert-OH is 1. The van der Waals surface area contributed by atoms with Crippen LogP contribution in [0.4, 0.5) is 0 Å². The molecule has 100 valence electrons. The number of hydrogen-bond donors (Lipinski definition) is 2. The number of rotatable bonds is 4. The van der Waals surface area contributed by atoms with Crippen molar-refractivity contribution in [2.45, 2.75) is 38.2 Å². The van der Waals surface area contributed by atoms with Gasteiger partial charge in [0.25, 0.3) is 0 Å². The van der Waals surface area contributed by atoms with E-state index in [2.05, 4.69) is 35.0 Å². The average Bonchev–Trinajstić information content (AvgIpc) is 2.76. The van der Waals surface area contributed by atoms with Gasteiger partial charge in [0.15, 0.2) is 0 Å². The van der Waals surface area contributed by atoms with Gasteiger partial charge in [-0.15, -0.1) is 0 Å². The SMILES string of the molecule is CC1CCCC1C(O)C(CN)c1cccc(Br)c1. The number of benzene rings is 1. The van der Waals surface area contributed by atoms with Crippen molar-refractivity contribution in [3.8, 4) is 0 Å². The van der Waals surface area contributed by atoms with E-state index in [4.69, 9.17) is 5.73 Å². The van der Waals surface area contributed by atoms with Crippen LogP contribution in [0.5, 0.6) is 0 Å². The Kier molecular flexibility index (Phi) is 4.82. The maximum Gasteiger partial charge on any atom is 0.0651 e. The van der Waals surface area contributed by atoms with E-state index in [-0.39, 0.29) is 12.0 Å². The molecule has 1 saturated carbocycles. The Balaban J connectivity index is 2.17. The molecular formula is C15H22BrNO. The molecule has 0 bridgehead atoms. The van der Waals surface area contributed by atoms with Crippen LogP contribution in [0.1, 0.15) is 37.7 Å². The minimum absolute atomic E-state index is 0.0491. The van der Waals surface area contributed by atoms with Crippen molar-refractivity contribution < 1.29 is 5.11 Å². The van der Waals surface area contributed by atoms with Gasteiger partial charge >= 0.3 is 0 Å². The van der Waals surface area contributed by atoms with E-state index in [9.17, 15) is 5.11 Å². The van der Waals surface area contributed by atoms with E-state index >= 15 is 0 Å². The first-order valence-corrected chi connectivity index (χ1v) is 7.56. The molecule has 0 radical (unpaired) electrons. The second-order valence-corrected chi connectivity index (χ2v) is 6.38. The summed E-state index contributed by atoms with van der Waals surface area (Å²) in [5.41, 5.74) is 7.03. The Morgan fingerprint density at radius 2 is 2.22 bits per heavy atom. The summed E-state index contributed by atoms with van der Waals surface area (Å²) in [6.07, 6.45) is 3.28. The van der Waals surface area contributed by atoms with Crippen LogP contribution in [-0.4, -0.2) is 17.8 Å². The number of hydrogen-bond acceptors (Lipinski definition) is 2. The molecule has 0 amide bonds. The van der Waals surface area contributed by atoms with Gasteiger partial charge in [-0.05, 0) is 36.0 Å². The lowest BCUT2D eigenvalue weighted by molar-refractivity contribution is 0.0664. The van der Waals surface area contributed by atoms with Crippen LogP contribution in [-0.2, 0) is 0 Å². The maximum absolute atomic E-state index is 10.6. The Morgan fingerprint density at radius 1 is 1.44 bits per heavy atom. The smallest absolute Gasteiger partial charge is 0.0651 e. The van der Waals surface area contributed by atoms with Gasteiger partial charge in [0.05, 0.1) is 6.10 Å². The fourth-order valence-corrected chi connectivity index (χ4v) is 3.61. The monoisotopic (exact) mass is 311 g/mol. The van der Waals surface area contributed by atoms with Gasteiger partial charge in [-0.3, -0.25) is 0 Å². The Bertz CT molecular complexity index is 396. The molecule has 2 nitrogen and oxygen atoms in total. The van der Waals surface area contributed by atoms with Crippen molar-refractivity contribution in [3.63, 3.8) is 0 Å². The molecule has 4 atom stereocenters. The lowest BCUT2D eigenvalue weighted by atomic mass is 9.81. The van der Waals surface area contributed by atoms with Crippen molar-refractivity contribution in [3.05, 3.63) is 34.3 Å². The van der Waals surface area contributed by atoms with Crippen molar-refractivity contribution in [1.82, 2.24) is 0 Å². The lowest BCUT2D eigenvalue weighted by Gasteiger charge is -2.29. The Morgan fingerprint density at radius 3 is 2.78 bits per heavy atom. The molecule has 0 aliphatic heterocycles. The van der Waals surface area contributed by atoms with Gasteiger partial charge in [0.1, 0.15) is 0 Å². The van der Waals surface area contributed by atoms with Gasteiger partial charge < -0.3 is 10.8 Å². The van der Waals surface area contributed by atoms with E-state index in [0.717, 1.165) is 16.5 Å². The van der Waals surface area contributed by atoms with Crippen LogP contribution >= 0.6 is 15.9 Å². The first kappa shape index (κ1) is 14.0. The van der Waals surface area contributed by atoms with Crippen LogP contribution in [0.15, 0.2) is 28.7 Å². The third kappa shape index (κ3) is 2.95. The third-order valence-electron chi connectivity index (χ3n) is 4.31. The second kappa shape index (κ2) is 6.18.